The van der Waals surface area contributed by atoms with Crippen LogP contribution in [0.2, 0.25) is 0 Å². The van der Waals surface area contributed by atoms with Gasteiger partial charge in [-0.15, -0.1) is 0 Å². The summed E-state index contributed by atoms with van der Waals surface area (Å²) in [5.74, 6) is 5.48. The van der Waals surface area contributed by atoms with Gasteiger partial charge in [0.25, 0.3) is 0 Å². The van der Waals surface area contributed by atoms with Crippen LogP contribution in [0.15, 0.2) is 23.2 Å². The Bertz CT molecular complexity index is 588. The number of nitrogens with one attached hydrogen (secondary N) is 1. The average molecular weight is 300 g/mol. The molecule has 7 nitrogen and oxygen atoms in total. The minimum absolute atomic E-state index is 0.0763. The minimum Gasteiger partial charge on any atom is -0.370 e. The van der Waals surface area contributed by atoms with Crippen molar-refractivity contribution < 1.29 is 13.2 Å². The van der Waals surface area contributed by atoms with Crippen molar-refractivity contribution in [2.24, 2.45) is 5.84 Å². The Balaban J connectivity index is 2.39. The Kier molecular flexibility index (Phi) is 4.01. The lowest BCUT2D eigenvalue weighted by Crippen LogP contribution is -2.53. The molecule has 0 radical (unpaired) electrons. The van der Waals surface area contributed by atoms with Gasteiger partial charge in [-0.25, -0.2) is 19.2 Å². The summed E-state index contributed by atoms with van der Waals surface area (Å²) >= 11 is 0. The molecule has 1 aromatic rings. The zero-order valence-electron chi connectivity index (χ0n) is 11.8. The Morgan fingerprint density at radius 3 is 2.85 bits per heavy atom. The van der Waals surface area contributed by atoms with Crippen LogP contribution in [0.1, 0.15) is 20.8 Å². The van der Waals surface area contributed by atoms with Crippen LogP contribution in [0.3, 0.4) is 0 Å². The van der Waals surface area contributed by atoms with Crippen molar-refractivity contribution in [1.29, 1.82) is 0 Å². The van der Waals surface area contributed by atoms with Gasteiger partial charge in [0.2, 0.25) is 10.0 Å². The van der Waals surface area contributed by atoms with E-state index in [1.807, 2.05) is 20.8 Å². The van der Waals surface area contributed by atoms with E-state index in [1.165, 1.54) is 16.6 Å². The molecule has 8 heteroatoms. The summed E-state index contributed by atoms with van der Waals surface area (Å²) in [5, 5.41) is 0. The van der Waals surface area contributed by atoms with Gasteiger partial charge in [0.05, 0.1) is 11.7 Å². The van der Waals surface area contributed by atoms with Crippen molar-refractivity contribution in [1.82, 2.24) is 9.29 Å². The summed E-state index contributed by atoms with van der Waals surface area (Å²) in [6, 6.07) is 3.06. The van der Waals surface area contributed by atoms with Gasteiger partial charge in [0.15, 0.2) is 5.82 Å². The van der Waals surface area contributed by atoms with Crippen molar-refractivity contribution in [3.63, 3.8) is 0 Å². The van der Waals surface area contributed by atoms with Crippen LogP contribution in [0, 0.1) is 0 Å². The smallest absolute Gasteiger partial charge is 0.246 e. The molecule has 1 aliphatic rings. The van der Waals surface area contributed by atoms with Crippen LogP contribution < -0.4 is 11.3 Å². The highest BCUT2D eigenvalue weighted by Crippen LogP contribution is 2.28. The summed E-state index contributed by atoms with van der Waals surface area (Å²) in [6.07, 6.45) is 1.32. The summed E-state index contributed by atoms with van der Waals surface area (Å²) < 4.78 is 32.6. The normalized spacial score (nSPS) is 23.5. The second kappa shape index (κ2) is 5.28. The van der Waals surface area contributed by atoms with E-state index >= 15 is 0 Å². The fourth-order valence-corrected chi connectivity index (χ4v) is 4.20. The molecule has 0 spiro atoms. The number of nitrogens with two attached hydrogens (primary N) is 1. The highest BCUT2D eigenvalue weighted by atomic mass is 32.2. The zero-order valence-corrected chi connectivity index (χ0v) is 12.6. The number of morpholine rings is 1. The van der Waals surface area contributed by atoms with Crippen molar-refractivity contribution in [3.8, 4) is 0 Å². The van der Waals surface area contributed by atoms with Crippen LogP contribution in [0.4, 0.5) is 5.82 Å². The monoisotopic (exact) mass is 300 g/mol. The molecule has 0 saturated carbocycles. The second-order valence-corrected chi connectivity index (χ2v) is 7.39. The topological polar surface area (TPSA) is 97.6 Å². The molecule has 0 amide bonds. The van der Waals surface area contributed by atoms with E-state index in [1.54, 1.807) is 6.07 Å². The highest BCUT2D eigenvalue weighted by Gasteiger charge is 2.38. The van der Waals surface area contributed by atoms with E-state index in [9.17, 15) is 8.42 Å². The molecule has 0 aromatic carbocycles. The Hall–Kier alpha value is -1.22. The van der Waals surface area contributed by atoms with Gasteiger partial charge in [-0.3, -0.25) is 0 Å². The summed E-state index contributed by atoms with van der Waals surface area (Å²) in [6.45, 7) is 6.20. The maximum absolute atomic E-state index is 12.7. The highest BCUT2D eigenvalue weighted by molar-refractivity contribution is 7.89. The van der Waals surface area contributed by atoms with Crippen molar-refractivity contribution >= 4 is 15.8 Å². The van der Waals surface area contributed by atoms with Gasteiger partial charge in [0.1, 0.15) is 4.90 Å². The van der Waals surface area contributed by atoms with Gasteiger partial charge in [-0.05, 0) is 32.9 Å². The SMILES string of the molecule is CC1CN(S(=O)(=O)c2cccnc2NN)CC(C)(C)O1. The molecular formula is C12H20N4O3S. The van der Waals surface area contributed by atoms with E-state index in [0.717, 1.165) is 0 Å². The van der Waals surface area contributed by atoms with Gasteiger partial charge < -0.3 is 10.2 Å². The molecule has 3 N–H and O–H groups in total. The number of ether oxygens (including phenoxy) is 1. The number of nitrogens with zero attached hydrogens (tertiary/aromatic N) is 2. The van der Waals surface area contributed by atoms with Crippen LogP contribution in [-0.2, 0) is 14.8 Å². The number of nitrogen functional groups attached to an aromatic ring is 1. The molecule has 1 saturated heterocycles. The first-order valence-electron chi connectivity index (χ1n) is 6.36. The third-order valence-electron chi connectivity index (χ3n) is 3.06. The lowest BCUT2D eigenvalue weighted by Gasteiger charge is -2.40. The lowest BCUT2D eigenvalue weighted by atomic mass is 10.1. The quantitative estimate of drug-likeness (QED) is 0.625. The third-order valence-corrected chi connectivity index (χ3v) is 4.91. The van der Waals surface area contributed by atoms with Crippen LogP contribution in [0.5, 0.6) is 0 Å². The van der Waals surface area contributed by atoms with Crippen molar-refractivity contribution in [2.75, 3.05) is 18.5 Å². The number of pyridine rings is 1. The number of hydrogen-bond acceptors (Lipinski definition) is 6. The van der Waals surface area contributed by atoms with E-state index in [-0.39, 0.29) is 16.8 Å². The Morgan fingerprint density at radius 2 is 2.25 bits per heavy atom. The predicted octanol–water partition coefficient (Wildman–Crippen LogP) is 0.555. The first kappa shape index (κ1) is 15.2. The fourth-order valence-electron chi connectivity index (χ4n) is 2.42. The molecule has 0 bridgehead atoms. The summed E-state index contributed by atoms with van der Waals surface area (Å²) in [5.41, 5.74) is 1.80. The molecular weight excluding hydrogens is 280 g/mol. The van der Waals surface area contributed by atoms with E-state index in [2.05, 4.69) is 10.4 Å². The summed E-state index contributed by atoms with van der Waals surface area (Å²) in [4.78, 5) is 4.02. The first-order chi connectivity index (χ1) is 9.26. The van der Waals surface area contributed by atoms with Crippen LogP contribution in [0.25, 0.3) is 0 Å². The largest absolute Gasteiger partial charge is 0.370 e. The molecule has 1 atom stereocenters. The van der Waals surface area contributed by atoms with Gasteiger partial charge in [-0.1, -0.05) is 0 Å². The van der Waals surface area contributed by atoms with E-state index < -0.39 is 15.6 Å². The number of sulfonamides is 1. The maximum Gasteiger partial charge on any atom is 0.246 e. The molecule has 1 fully saturated rings. The zero-order chi connectivity index (χ0) is 15.0. The third kappa shape index (κ3) is 2.93. The Morgan fingerprint density at radius 1 is 1.55 bits per heavy atom. The molecule has 20 heavy (non-hydrogen) atoms. The predicted molar refractivity (Wildman–Crippen MR) is 75.4 cm³/mol. The molecule has 1 unspecified atom stereocenters. The Labute approximate surface area is 119 Å². The standard InChI is InChI=1S/C12H20N4O3S/c1-9-7-16(8-12(2,3)19-9)20(17,18)10-5-4-6-14-11(10)15-13/h4-6,9H,7-8,13H2,1-3H3,(H,14,15). The number of hydrazine groups is 1. The molecule has 1 aromatic heterocycles. The first-order valence-corrected chi connectivity index (χ1v) is 7.80. The molecule has 2 rings (SSSR count). The van der Waals surface area contributed by atoms with Gasteiger partial charge >= 0.3 is 0 Å². The number of hydrogen-bond donors (Lipinski definition) is 2. The minimum atomic E-state index is -3.66. The number of aromatic nitrogens is 1. The fraction of sp³-hybridized carbons (Fsp3) is 0.583. The van der Waals surface area contributed by atoms with Crippen LogP contribution >= 0.6 is 0 Å². The van der Waals surface area contributed by atoms with Crippen molar-refractivity contribution in [2.45, 2.75) is 37.4 Å². The number of anilines is 1. The van der Waals surface area contributed by atoms with Crippen molar-refractivity contribution in [3.05, 3.63) is 18.3 Å². The molecule has 1 aliphatic heterocycles. The average Bonchev–Trinajstić information content (AvgIpc) is 2.36. The van der Waals surface area contributed by atoms with Crippen LogP contribution in [-0.4, -0.2) is 42.5 Å². The van der Waals surface area contributed by atoms with Gasteiger partial charge in [-0.2, -0.15) is 4.31 Å². The summed E-state index contributed by atoms with van der Waals surface area (Å²) in [7, 11) is -3.66. The molecule has 112 valence electrons. The van der Waals surface area contributed by atoms with E-state index in [4.69, 9.17) is 10.6 Å². The molecule has 0 aliphatic carbocycles. The number of rotatable bonds is 3. The second-order valence-electron chi connectivity index (χ2n) is 5.48. The lowest BCUT2D eigenvalue weighted by molar-refractivity contribution is -0.109. The van der Waals surface area contributed by atoms with E-state index in [0.29, 0.717) is 13.1 Å². The van der Waals surface area contributed by atoms with Gasteiger partial charge in [0, 0.05) is 19.3 Å². The maximum atomic E-state index is 12.7. The molecule has 2 heterocycles.